The number of hydrogen-bond donors (Lipinski definition) is 2. The van der Waals surface area contributed by atoms with Crippen LogP contribution < -0.4 is 10.6 Å². The molecular weight excluding hydrogens is 316 g/mol. The fraction of sp³-hybridized carbons (Fsp3) is 0.211. The van der Waals surface area contributed by atoms with Crippen LogP contribution in [0.2, 0.25) is 0 Å². The van der Waals surface area contributed by atoms with Gasteiger partial charge in [0.2, 0.25) is 0 Å². The number of amides is 1. The van der Waals surface area contributed by atoms with Crippen LogP contribution in [0.15, 0.2) is 53.3 Å². The number of rotatable bonds is 6. The SMILES string of the molecule is Cc1cnc(C)c(NCc2cccc(C(=O)NCc3ccco3)c2)n1. The Balaban J connectivity index is 1.62. The Morgan fingerprint density at radius 3 is 2.84 bits per heavy atom. The van der Waals surface area contributed by atoms with Gasteiger partial charge in [0.15, 0.2) is 0 Å². The van der Waals surface area contributed by atoms with E-state index >= 15 is 0 Å². The number of nitrogens with zero attached hydrogens (tertiary/aromatic N) is 2. The summed E-state index contributed by atoms with van der Waals surface area (Å²) in [4.78, 5) is 21.0. The van der Waals surface area contributed by atoms with Crippen LogP contribution in [-0.4, -0.2) is 15.9 Å². The maximum atomic E-state index is 12.3. The van der Waals surface area contributed by atoms with Crippen molar-refractivity contribution in [3.8, 4) is 0 Å². The summed E-state index contributed by atoms with van der Waals surface area (Å²) in [6.07, 6.45) is 3.33. The Kier molecular flexibility index (Phi) is 5.09. The van der Waals surface area contributed by atoms with Gasteiger partial charge in [-0.1, -0.05) is 12.1 Å². The number of carbonyl (C=O) groups excluding carboxylic acids is 1. The lowest BCUT2D eigenvalue weighted by atomic mass is 10.1. The first kappa shape index (κ1) is 16.7. The molecule has 0 bridgehead atoms. The molecule has 0 radical (unpaired) electrons. The van der Waals surface area contributed by atoms with Crippen molar-refractivity contribution >= 4 is 11.7 Å². The monoisotopic (exact) mass is 336 g/mol. The summed E-state index contributed by atoms with van der Waals surface area (Å²) >= 11 is 0. The van der Waals surface area contributed by atoms with Crippen molar-refractivity contribution in [3.05, 3.63) is 77.1 Å². The molecule has 6 heteroatoms. The highest BCUT2D eigenvalue weighted by atomic mass is 16.3. The number of aromatic nitrogens is 2. The van der Waals surface area contributed by atoms with Gasteiger partial charge in [-0.05, 0) is 43.7 Å². The van der Waals surface area contributed by atoms with E-state index in [0.717, 1.165) is 28.5 Å². The number of furan rings is 1. The molecule has 128 valence electrons. The Labute approximate surface area is 146 Å². The average molecular weight is 336 g/mol. The number of anilines is 1. The average Bonchev–Trinajstić information content (AvgIpc) is 3.14. The van der Waals surface area contributed by atoms with Crippen molar-refractivity contribution in [1.82, 2.24) is 15.3 Å². The fourth-order valence-electron chi connectivity index (χ4n) is 2.40. The minimum Gasteiger partial charge on any atom is -0.467 e. The van der Waals surface area contributed by atoms with Crippen molar-refractivity contribution in [1.29, 1.82) is 0 Å². The topological polar surface area (TPSA) is 80.0 Å². The first-order chi connectivity index (χ1) is 12.1. The van der Waals surface area contributed by atoms with E-state index in [1.165, 1.54) is 0 Å². The molecule has 3 rings (SSSR count). The highest BCUT2D eigenvalue weighted by molar-refractivity contribution is 5.94. The second-order valence-electron chi connectivity index (χ2n) is 5.76. The summed E-state index contributed by atoms with van der Waals surface area (Å²) in [7, 11) is 0. The summed E-state index contributed by atoms with van der Waals surface area (Å²) in [5.41, 5.74) is 3.31. The van der Waals surface area contributed by atoms with Gasteiger partial charge in [0.25, 0.3) is 5.91 Å². The maximum absolute atomic E-state index is 12.3. The molecule has 1 amide bonds. The van der Waals surface area contributed by atoms with E-state index in [-0.39, 0.29) is 5.91 Å². The number of hydrogen-bond acceptors (Lipinski definition) is 5. The third kappa shape index (κ3) is 4.44. The van der Waals surface area contributed by atoms with Gasteiger partial charge in [-0.25, -0.2) is 4.98 Å². The quantitative estimate of drug-likeness (QED) is 0.722. The van der Waals surface area contributed by atoms with Crippen LogP contribution in [0, 0.1) is 13.8 Å². The molecule has 6 nitrogen and oxygen atoms in total. The molecule has 2 aromatic heterocycles. The van der Waals surface area contributed by atoms with Gasteiger partial charge in [-0.2, -0.15) is 0 Å². The van der Waals surface area contributed by atoms with Crippen molar-refractivity contribution in [3.63, 3.8) is 0 Å². The largest absolute Gasteiger partial charge is 0.467 e. The Morgan fingerprint density at radius 1 is 1.16 bits per heavy atom. The van der Waals surface area contributed by atoms with E-state index in [0.29, 0.717) is 18.7 Å². The van der Waals surface area contributed by atoms with E-state index in [1.54, 1.807) is 24.6 Å². The van der Waals surface area contributed by atoms with Crippen LogP contribution in [-0.2, 0) is 13.1 Å². The summed E-state index contributed by atoms with van der Waals surface area (Å²) in [5.74, 6) is 1.34. The molecule has 1 aromatic carbocycles. The summed E-state index contributed by atoms with van der Waals surface area (Å²) < 4.78 is 5.21. The number of aryl methyl sites for hydroxylation is 2. The maximum Gasteiger partial charge on any atom is 0.251 e. The van der Waals surface area contributed by atoms with Crippen LogP contribution in [0.4, 0.5) is 5.82 Å². The first-order valence-electron chi connectivity index (χ1n) is 8.05. The number of carbonyl (C=O) groups is 1. The molecule has 3 aromatic rings. The van der Waals surface area contributed by atoms with Crippen LogP contribution in [0.3, 0.4) is 0 Å². The van der Waals surface area contributed by atoms with Crippen molar-refractivity contribution in [2.75, 3.05) is 5.32 Å². The third-order valence-corrected chi connectivity index (χ3v) is 3.73. The van der Waals surface area contributed by atoms with Gasteiger partial charge in [-0.15, -0.1) is 0 Å². The van der Waals surface area contributed by atoms with Gasteiger partial charge in [0.05, 0.1) is 24.2 Å². The molecule has 0 aliphatic rings. The molecule has 2 N–H and O–H groups in total. The molecule has 25 heavy (non-hydrogen) atoms. The second kappa shape index (κ2) is 7.61. The Morgan fingerprint density at radius 2 is 2.04 bits per heavy atom. The number of nitrogens with one attached hydrogen (secondary N) is 2. The van der Waals surface area contributed by atoms with E-state index in [4.69, 9.17) is 4.42 Å². The molecule has 0 saturated carbocycles. The van der Waals surface area contributed by atoms with E-state index in [1.807, 2.05) is 38.1 Å². The Bertz CT molecular complexity index is 860. The molecule has 0 unspecified atom stereocenters. The molecule has 2 heterocycles. The van der Waals surface area contributed by atoms with Crippen molar-refractivity contribution in [2.24, 2.45) is 0 Å². The Hall–Kier alpha value is -3.15. The summed E-state index contributed by atoms with van der Waals surface area (Å²) in [6.45, 7) is 4.75. The van der Waals surface area contributed by atoms with Crippen LogP contribution in [0.1, 0.15) is 33.1 Å². The molecule has 0 aliphatic carbocycles. The van der Waals surface area contributed by atoms with E-state index in [2.05, 4.69) is 20.6 Å². The van der Waals surface area contributed by atoms with E-state index in [9.17, 15) is 4.79 Å². The predicted molar refractivity (Wildman–Crippen MR) is 95.2 cm³/mol. The molecular formula is C19H20N4O2. The lowest BCUT2D eigenvalue weighted by Gasteiger charge is -2.10. The normalized spacial score (nSPS) is 10.5. The fourth-order valence-corrected chi connectivity index (χ4v) is 2.40. The highest BCUT2D eigenvalue weighted by Crippen LogP contribution is 2.12. The molecule has 0 fully saturated rings. The summed E-state index contributed by atoms with van der Waals surface area (Å²) in [5, 5.41) is 6.11. The second-order valence-corrected chi connectivity index (χ2v) is 5.76. The minimum absolute atomic E-state index is 0.134. The van der Waals surface area contributed by atoms with Gasteiger partial charge >= 0.3 is 0 Å². The lowest BCUT2D eigenvalue weighted by Crippen LogP contribution is -2.22. The van der Waals surface area contributed by atoms with Crippen LogP contribution in [0.5, 0.6) is 0 Å². The molecule has 0 atom stereocenters. The standard InChI is InChI=1S/C19H20N4O2/c1-13-10-20-14(2)18(23-13)21-11-15-5-3-6-16(9-15)19(24)22-12-17-7-4-8-25-17/h3-10H,11-12H2,1-2H3,(H,21,23)(H,22,24). The van der Waals surface area contributed by atoms with Crippen LogP contribution in [0.25, 0.3) is 0 Å². The number of benzene rings is 1. The molecule has 0 aliphatic heterocycles. The predicted octanol–water partition coefficient (Wildman–Crippen LogP) is 3.23. The smallest absolute Gasteiger partial charge is 0.251 e. The summed E-state index contributed by atoms with van der Waals surface area (Å²) in [6, 6.07) is 11.1. The van der Waals surface area contributed by atoms with Gasteiger partial charge in [0, 0.05) is 18.3 Å². The van der Waals surface area contributed by atoms with Crippen molar-refractivity contribution < 1.29 is 9.21 Å². The van der Waals surface area contributed by atoms with Crippen molar-refractivity contribution in [2.45, 2.75) is 26.9 Å². The zero-order valence-corrected chi connectivity index (χ0v) is 14.2. The molecule has 0 saturated heterocycles. The van der Waals surface area contributed by atoms with Gasteiger partial charge < -0.3 is 15.1 Å². The highest BCUT2D eigenvalue weighted by Gasteiger charge is 2.08. The zero-order valence-electron chi connectivity index (χ0n) is 14.2. The zero-order chi connectivity index (χ0) is 17.6. The van der Waals surface area contributed by atoms with Crippen LogP contribution >= 0.6 is 0 Å². The van der Waals surface area contributed by atoms with E-state index < -0.39 is 0 Å². The van der Waals surface area contributed by atoms with Gasteiger partial charge in [-0.3, -0.25) is 9.78 Å². The lowest BCUT2D eigenvalue weighted by molar-refractivity contribution is 0.0948. The minimum atomic E-state index is -0.134. The first-order valence-corrected chi connectivity index (χ1v) is 8.05. The molecule has 0 spiro atoms. The van der Waals surface area contributed by atoms with Gasteiger partial charge in [0.1, 0.15) is 11.6 Å². The third-order valence-electron chi connectivity index (χ3n) is 3.73.